The van der Waals surface area contributed by atoms with Crippen molar-refractivity contribution in [1.29, 1.82) is 0 Å². The average Bonchev–Trinajstić information content (AvgIpc) is 1.98. The van der Waals surface area contributed by atoms with E-state index in [1.54, 1.807) is 0 Å². The fourth-order valence-corrected chi connectivity index (χ4v) is 2.45. The fourth-order valence-electron chi connectivity index (χ4n) is 1.98. The molecule has 76 valence electrons. The van der Waals surface area contributed by atoms with E-state index >= 15 is 0 Å². The molecule has 0 bridgehead atoms. The molecule has 1 aliphatic rings. The number of hydrogen-bond donors (Lipinski definition) is 0. The zero-order chi connectivity index (χ0) is 10.4. The first-order valence-electron chi connectivity index (χ1n) is 4.60. The maximum absolute atomic E-state index is 11.7. The summed E-state index contributed by atoms with van der Waals surface area (Å²) in [5, 5.41) is 0. The second-order valence-corrected chi connectivity index (χ2v) is 5.95. The molecule has 0 saturated carbocycles. The van der Waals surface area contributed by atoms with Crippen LogP contribution in [-0.2, 0) is 4.79 Å². The summed E-state index contributed by atoms with van der Waals surface area (Å²) in [5.74, 6) is 0.313. The van der Waals surface area contributed by atoms with Crippen LogP contribution in [0.4, 0.5) is 0 Å². The summed E-state index contributed by atoms with van der Waals surface area (Å²) in [4.78, 5) is 13.9. The van der Waals surface area contributed by atoms with E-state index in [4.69, 9.17) is 0 Å². The third-order valence-electron chi connectivity index (χ3n) is 3.28. The van der Waals surface area contributed by atoms with Gasteiger partial charge < -0.3 is 0 Å². The molecule has 1 rings (SSSR count). The second-order valence-electron chi connectivity index (χ2n) is 5.03. The van der Waals surface area contributed by atoms with Gasteiger partial charge in [-0.1, -0.05) is 15.9 Å². The molecule has 0 amide bonds. The van der Waals surface area contributed by atoms with E-state index in [1.807, 2.05) is 0 Å². The van der Waals surface area contributed by atoms with Gasteiger partial charge in [0, 0.05) is 17.5 Å². The topological polar surface area (TPSA) is 20.3 Å². The third kappa shape index (κ3) is 1.68. The van der Waals surface area contributed by atoms with Crippen molar-refractivity contribution in [3.63, 3.8) is 0 Å². The van der Waals surface area contributed by atoms with Gasteiger partial charge in [0.2, 0.25) is 0 Å². The standard InChI is InChI=1S/C10H18BrNO/c1-9(2)6-7(13)8(11)10(3,4)12(9)5/h8H,6H2,1-5H3/t8-/m0/s1. The maximum Gasteiger partial charge on any atom is 0.150 e. The molecule has 0 aromatic carbocycles. The Morgan fingerprint density at radius 2 is 1.85 bits per heavy atom. The molecule has 0 aliphatic carbocycles. The van der Waals surface area contributed by atoms with Crippen LogP contribution < -0.4 is 0 Å². The molecule has 1 fully saturated rings. The predicted octanol–water partition coefficient (Wildman–Crippen LogP) is 2.21. The van der Waals surface area contributed by atoms with Crippen LogP contribution in [0.2, 0.25) is 0 Å². The Bertz CT molecular complexity index is 235. The number of nitrogens with zero attached hydrogens (tertiary/aromatic N) is 1. The fraction of sp³-hybridized carbons (Fsp3) is 0.900. The SMILES string of the molecule is CN1C(C)(C)CC(=O)[C@H](Br)C1(C)C. The average molecular weight is 248 g/mol. The minimum atomic E-state index is -0.0984. The van der Waals surface area contributed by atoms with Gasteiger partial charge in [-0.25, -0.2) is 0 Å². The van der Waals surface area contributed by atoms with Crippen molar-refractivity contribution in [2.24, 2.45) is 0 Å². The molecule has 1 heterocycles. The Kier molecular flexibility index (Phi) is 2.63. The van der Waals surface area contributed by atoms with Crippen LogP contribution >= 0.6 is 15.9 Å². The molecule has 0 aromatic heterocycles. The van der Waals surface area contributed by atoms with Gasteiger partial charge in [-0.05, 0) is 34.7 Å². The number of ketones is 1. The van der Waals surface area contributed by atoms with Gasteiger partial charge in [-0.3, -0.25) is 9.69 Å². The zero-order valence-corrected chi connectivity index (χ0v) is 10.6. The van der Waals surface area contributed by atoms with Crippen molar-refractivity contribution in [2.45, 2.75) is 50.0 Å². The lowest BCUT2D eigenvalue weighted by Crippen LogP contribution is -2.64. The molecule has 0 unspecified atom stereocenters. The highest BCUT2D eigenvalue weighted by atomic mass is 79.9. The highest BCUT2D eigenvalue weighted by molar-refractivity contribution is 9.10. The number of alkyl halides is 1. The summed E-state index contributed by atoms with van der Waals surface area (Å²) in [7, 11) is 2.08. The van der Waals surface area contributed by atoms with E-state index in [1.165, 1.54) is 0 Å². The lowest BCUT2D eigenvalue weighted by atomic mass is 9.79. The third-order valence-corrected chi connectivity index (χ3v) is 4.91. The van der Waals surface area contributed by atoms with E-state index in [0.717, 1.165) is 0 Å². The summed E-state index contributed by atoms with van der Waals surface area (Å²) < 4.78 is 0. The number of Topliss-reactive ketones (excluding diaryl/α,β-unsaturated/α-hetero) is 1. The number of likely N-dealkylation sites (tertiary alicyclic amines) is 1. The maximum atomic E-state index is 11.7. The minimum Gasteiger partial charge on any atom is -0.298 e. The van der Waals surface area contributed by atoms with E-state index in [9.17, 15) is 4.79 Å². The van der Waals surface area contributed by atoms with Gasteiger partial charge in [0.15, 0.2) is 0 Å². The minimum absolute atomic E-state index is 0.0230. The van der Waals surface area contributed by atoms with Gasteiger partial charge in [-0.2, -0.15) is 0 Å². The Morgan fingerprint density at radius 1 is 1.38 bits per heavy atom. The zero-order valence-electron chi connectivity index (χ0n) is 9.02. The van der Waals surface area contributed by atoms with Crippen molar-refractivity contribution in [1.82, 2.24) is 4.90 Å². The smallest absolute Gasteiger partial charge is 0.150 e. The molecule has 3 heteroatoms. The van der Waals surface area contributed by atoms with Crippen molar-refractivity contribution >= 4 is 21.7 Å². The number of halogens is 1. The lowest BCUT2D eigenvalue weighted by molar-refractivity contribution is -0.130. The number of piperidine rings is 1. The van der Waals surface area contributed by atoms with Crippen LogP contribution in [0.1, 0.15) is 34.1 Å². The van der Waals surface area contributed by atoms with Crippen molar-refractivity contribution in [2.75, 3.05) is 7.05 Å². The predicted molar refractivity (Wildman–Crippen MR) is 58.3 cm³/mol. The molecule has 1 saturated heterocycles. The molecule has 0 spiro atoms. The quantitative estimate of drug-likeness (QED) is 0.612. The Labute approximate surface area is 88.8 Å². The second kappa shape index (κ2) is 3.06. The monoisotopic (exact) mass is 247 g/mol. The van der Waals surface area contributed by atoms with Gasteiger partial charge in [-0.15, -0.1) is 0 Å². The molecule has 0 aromatic rings. The number of hydrogen-bond acceptors (Lipinski definition) is 2. The normalized spacial score (nSPS) is 33.4. The van der Waals surface area contributed by atoms with E-state index in [0.29, 0.717) is 12.2 Å². The van der Waals surface area contributed by atoms with E-state index < -0.39 is 0 Å². The Hall–Kier alpha value is 0.110. The number of carbonyl (C=O) groups is 1. The molecule has 2 nitrogen and oxygen atoms in total. The molecule has 0 N–H and O–H groups in total. The summed E-state index contributed by atoms with van der Waals surface area (Å²) in [6, 6.07) is 0. The molecular formula is C10H18BrNO. The molecule has 13 heavy (non-hydrogen) atoms. The van der Waals surface area contributed by atoms with Gasteiger partial charge >= 0.3 is 0 Å². The van der Waals surface area contributed by atoms with Crippen LogP contribution in [-0.4, -0.2) is 33.6 Å². The van der Waals surface area contributed by atoms with Gasteiger partial charge in [0.25, 0.3) is 0 Å². The Morgan fingerprint density at radius 3 is 2.31 bits per heavy atom. The van der Waals surface area contributed by atoms with Gasteiger partial charge in [0.1, 0.15) is 5.78 Å². The van der Waals surface area contributed by atoms with Crippen molar-refractivity contribution in [3.8, 4) is 0 Å². The largest absolute Gasteiger partial charge is 0.298 e. The van der Waals surface area contributed by atoms with Crippen LogP contribution in [0, 0.1) is 0 Å². The van der Waals surface area contributed by atoms with E-state index in [2.05, 4.69) is 55.6 Å². The molecular weight excluding hydrogens is 230 g/mol. The summed E-state index contributed by atoms with van der Waals surface area (Å²) >= 11 is 3.48. The highest BCUT2D eigenvalue weighted by Crippen LogP contribution is 2.38. The van der Waals surface area contributed by atoms with Crippen molar-refractivity contribution in [3.05, 3.63) is 0 Å². The first-order chi connectivity index (χ1) is 5.69. The first kappa shape index (κ1) is 11.2. The van der Waals surface area contributed by atoms with Crippen LogP contribution in [0.5, 0.6) is 0 Å². The Balaban J connectivity index is 3.03. The molecule has 1 aliphatic heterocycles. The molecule has 1 atom stereocenters. The number of rotatable bonds is 0. The highest BCUT2D eigenvalue weighted by Gasteiger charge is 2.48. The molecule has 0 radical (unpaired) electrons. The summed E-state index contributed by atoms with van der Waals surface area (Å²) in [6.07, 6.45) is 0.628. The van der Waals surface area contributed by atoms with Crippen LogP contribution in [0.3, 0.4) is 0 Å². The first-order valence-corrected chi connectivity index (χ1v) is 5.52. The summed E-state index contributed by atoms with van der Waals surface area (Å²) in [6.45, 7) is 8.44. The number of carbonyl (C=O) groups excluding carboxylic acids is 1. The van der Waals surface area contributed by atoms with Crippen LogP contribution in [0.25, 0.3) is 0 Å². The van der Waals surface area contributed by atoms with Gasteiger partial charge in [0.05, 0.1) is 4.83 Å². The van der Waals surface area contributed by atoms with Crippen LogP contribution in [0.15, 0.2) is 0 Å². The van der Waals surface area contributed by atoms with Crippen molar-refractivity contribution < 1.29 is 4.79 Å². The van der Waals surface area contributed by atoms with E-state index in [-0.39, 0.29) is 15.9 Å². The lowest BCUT2D eigenvalue weighted by Gasteiger charge is -2.52. The summed E-state index contributed by atoms with van der Waals surface area (Å²) in [5.41, 5.74) is -0.121.